The molecule has 1 amide bonds. The van der Waals surface area contributed by atoms with Gasteiger partial charge in [-0.25, -0.2) is 9.78 Å². The van der Waals surface area contributed by atoms with Crippen molar-refractivity contribution in [3.8, 4) is 0 Å². The van der Waals surface area contributed by atoms with Gasteiger partial charge in [-0.15, -0.1) is 0 Å². The third kappa shape index (κ3) is 2.54. The summed E-state index contributed by atoms with van der Waals surface area (Å²) >= 11 is 0. The predicted molar refractivity (Wildman–Crippen MR) is 66.9 cm³/mol. The Morgan fingerprint density at radius 1 is 1.44 bits per heavy atom. The number of benzene rings is 1. The van der Waals surface area contributed by atoms with Crippen molar-refractivity contribution in [1.29, 1.82) is 0 Å². The van der Waals surface area contributed by atoms with Crippen LogP contribution in [0, 0.1) is 0 Å². The molecule has 0 aliphatic rings. The minimum Gasteiger partial charge on any atom is -0.453 e. The van der Waals surface area contributed by atoms with E-state index < -0.39 is 6.09 Å². The Kier molecular flexibility index (Phi) is 3.38. The number of hydrogen-bond acceptors (Lipinski definition) is 4. The summed E-state index contributed by atoms with van der Waals surface area (Å²) in [5.41, 5.74) is 0.372. The second kappa shape index (κ2) is 5.13. The highest BCUT2D eigenvalue weighted by molar-refractivity contribution is 5.78. The number of amides is 1. The van der Waals surface area contributed by atoms with Gasteiger partial charge in [0.1, 0.15) is 5.82 Å². The van der Waals surface area contributed by atoms with E-state index in [-0.39, 0.29) is 5.56 Å². The van der Waals surface area contributed by atoms with Gasteiger partial charge in [0.25, 0.3) is 5.56 Å². The van der Waals surface area contributed by atoms with E-state index in [9.17, 15) is 9.59 Å². The molecule has 1 heterocycles. The Balaban J connectivity index is 2.30. The molecule has 6 nitrogen and oxygen atoms in total. The lowest BCUT2D eigenvalue weighted by molar-refractivity contribution is 0.175. The van der Waals surface area contributed by atoms with Crippen LogP contribution in [0.2, 0.25) is 0 Å². The zero-order valence-electron chi connectivity index (χ0n) is 9.64. The summed E-state index contributed by atoms with van der Waals surface area (Å²) in [6.07, 6.45) is 2.23. The van der Waals surface area contributed by atoms with Crippen LogP contribution in [0.3, 0.4) is 0 Å². The molecule has 1 aromatic heterocycles. The number of nitrogens with zero attached hydrogens (tertiary/aromatic N) is 1. The largest absolute Gasteiger partial charge is 0.453 e. The highest BCUT2D eigenvalue weighted by Crippen LogP contribution is 2.05. The minimum absolute atomic E-state index is 0.224. The molecule has 0 bridgehead atoms. The number of carbonyl (C=O) groups excluding carboxylic acids is 1. The Morgan fingerprint density at radius 2 is 2.22 bits per heavy atom. The average molecular weight is 245 g/mol. The molecular formula is C12H11N3O3. The number of alkyl carbamates (subject to hydrolysis) is 1. The number of ether oxygens (including phenoxy) is 1. The maximum Gasteiger partial charge on any atom is 0.410 e. The zero-order valence-corrected chi connectivity index (χ0v) is 9.64. The van der Waals surface area contributed by atoms with Crippen molar-refractivity contribution in [2.24, 2.45) is 0 Å². The van der Waals surface area contributed by atoms with Gasteiger partial charge in [-0.3, -0.25) is 10.1 Å². The number of fused-ring (bicyclic) bond motifs is 1. The van der Waals surface area contributed by atoms with Gasteiger partial charge < -0.3 is 9.72 Å². The lowest BCUT2D eigenvalue weighted by Crippen LogP contribution is -2.16. The molecule has 0 aliphatic heterocycles. The summed E-state index contributed by atoms with van der Waals surface area (Å²) in [6, 6.07) is 7.01. The standard InChI is InChI=1S/C12H11N3O3/c1-18-12(17)13-7-6-10-14-9-5-3-2-4-8(9)11(16)15-10/h2-7H,1H3,(H,13,17)(H,14,15,16)/b7-6-. The van der Waals surface area contributed by atoms with E-state index in [4.69, 9.17) is 0 Å². The molecular weight excluding hydrogens is 234 g/mol. The fourth-order valence-corrected chi connectivity index (χ4v) is 1.43. The maximum absolute atomic E-state index is 11.7. The van der Waals surface area contributed by atoms with Crippen molar-refractivity contribution in [1.82, 2.24) is 15.3 Å². The average Bonchev–Trinajstić information content (AvgIpc) is 2.38. The highest BCUT2D eigenvalue weighted by Gasteiger charge is 2.00. The first kappa shape index (κ1) is 11.8. The van der Waals surface area contributed by atoms with Gasteiger partial charge >= 0.3 is 6.09 Å². The van der Waals surface area contributed by atoms with E-state index in [1.165, 1.54) is 19.4 Å². The Labute approximate surface area is 102 Å². The van der Waals surface area contributed by atoms with E-state index in [1.54, 1.807) is 24.3 Å². The fraction of sp³-hybridized carbons (Fsp3) is 0.0833. The minimum atomic E-state index is -0.589. The monoisotopic (exact) mass is 245 g/mol. The third-order valence-corrected chi connectivity index (χ3v) is 2.26. The van der Waals surface area contributed by atoms with Crippen molar-refractivity contribution in [2.45, 2.75) is 0 Å². The Bertz CT molecular complexity index is 661. The van der Waals surface area contributed by atoms with Crippen LogP contribution in [0.4, 0.5) is 4.79 Å². The topological polar surface area (TPSA) is 84.1 Å². The van der Waals surface area contributed by atoms with Gasteiger partial charge in [0.05, 0.1) is 18.0 Å². The normalized spacial score (nSPS) is 10.7. The number of aromatic amines is 1. The van der Waals surface area contributed by atoms with E-state index >= 15 is 0 Å². The number of para-hydroxylation sites is 1. The molecule has 1 aromatic carbocycles. The van der Waals surface area contributed by atoms with Gasteiger partial charge in [0.15, 0.2) is 0 Å². The van der Waals surface area contributed by atoms with Crippen LogP contribution in [0.1, 0.15) is 5.82 Å². The maximum atomic E-state index is 11.7. The molecule has 0 saturated heterocycles. The van der Waals surface area contributed by atoms with Crippen LogP contribution in [-0.4, -0.2) is 23.2 Å². The molecule has 0 aliphatic carbocycles. The lowest BCUT2D eigenvalue weighted by atomic mass is 10.2. The fourth-order valence-electron chi connectivity index (χ4n) is 1.43. The van der Waals surface area contributed by atoms with Crippen LogP contribution >= 0.6 is 0 Å². The van der Waals surface area contributed by atoms with Crippen molar-refractivity contribution < 1.29 is 9.53 Å². The van der Waals surface area contributed by atoms with Crippen LogP contribution in [-0.2, 0) is 4.74 Å². The molecule has 0 unspecified atom stereocenters. The van der Waals surface area contributed by atoms with E-state index in [0.717, 1.165) is 0 Å². The van der Waals surface area contributed by atoms with Gasteiger partial charge in [0, 0.05) is 6.20 Å². The summed E-state index contributed by atoms with van der Waals surface area (Å²) in [7, 11) is 1.26. The quantitative estimate of drug-likeness (QED) is 0.834. The first-order chi connectivity index (χ1) is 8.70. The van der Waals surface area contributed by atoms with E-state index in [2.05, 4.69) is 20.0 Å². The summed E-state index contributed by atoms with van der Waals surface area (Å²) in [4.78, 5) is 29.3. The number of hydrogen-bond donors (Lipinski definition) is 2. The third-order valence-electron chi connectivity index (χ3n) is 2.26. The number of rotatable bonds is 2. The second-order valence-corrected chi connectivity index (χ2v) is 3.44. The second-order valence-electron chi connectivity index (χ2n) is 3.44. The van der Waals surface area contributed by atoms with Crippen LogP contribution in [0.5, 0.6) is 0 Å². The smallest absolute Gasteiger partial charge is 0.410 e. The number of carbonyl (C=O) groups is 1. The van der Waals surface area contributed by atoms with Gasteiger partial charge in [0.2, 0.25) is 0 Å². The number of aromatic nitrogens is 2. The molecule has 0 atom stereocenters. The van der Waals surface area contributed by atoms with Gasteiger partial charge in [-0.05, 0) is 18.2 Å². The molecule has 0 radical (unpaired) electrons. The van der Waals surface area contributed by atoms with Gasteiger partial charge in [-0.2, -0.15) is 0 Å². The first-order valence-electron chi connectivity index (χ1n) is 5.21. The SMILES string of the molecule is COC(=O)N/C=C\c1nc2ccccc2c(=O)[nH]1. The molecule has 0 spiro atoms. The zero-order chi connectivity index (χ0) is 13.0. The first-order valence-corrected chi connectivity index (χ1v) is 5.21. The number of H-pyrrole nitrogens is 1. The predicted octanol–water partition coefficient (Wildman–Crippen LogP) is 1.25. The van der Waals surface area contributed by atoms with Crippen LogP contribution in [0.25, 0.3) is 17.0 Å². The Morgan fingerprint density at radius 3 is 3.00 bits per heavy atom. The molecule has 2 rings (SSSR count). The number of nitrogens with one attached hydrogen (secondary N) is 2. The molecule has 2 aromatic rings. The van der Waals surface area contributed by atoms with Crippen LogP contribution in [0.15, 0.2) is 35.3 Å². The molecule has 18 heavy (non-hydrogen) atoms. The highest BCUT2D eigenvalue weighted by atomic mass is 16.5. The molecule has 2 N–H and O–H groups in total. The molecule has 6 heteroatoms. The lowest BCUT2D eigenvalue weighted by Gasteiger charge is -1.99. The van der Waals surface area contributed by atoms with Gasteiger partial charge in [-0.1, -0.05) is 12.1 Å². The van der Waals surface area contributed by atoms with Crippen molar-refractivity contribution in [3.63, 3.8) is 0 Å². The van der Waals surface area contributed by atoms with Crippen molar-refractivity contribution >= 4 is 23.1 Å². The summed E-state index contributed by atoms with van der Waals surface area (Å²) in [5, 5.41) is 2.87. The summed E-state index contributed by atoms with van der Waals surface area (Å²) in [6.45, 7) is 0. The molecule has 0 fully saturated rings. The number of methoxy groups -OCH3 is 1. The van der Waals surface area contributed by atoms with Crippen LogP contribution < -0.4 is 10.9 Å². The molecule has 0 saturated carbocycles. The summed E-state index contributed by atoms with van der Waals surface area (Å²) in [5.74, 6) is 0.357. The Hall–Kier alpha value is -2.63. The van der Waals surface area contributed by atoms with E-state index in [0.29, 0.717) is 16.7 Å². The van der Waals surface area contributed by atoms with Crippen molar-refractivity contribution in [2.75, 3.05) is 7.11 Å². The summed E-state index contributed by atoms with van der Waals surface area (Å²) < 4.78 is 4.39. The van der Waals surface area contributed by atoms with Crippen molar-refractivity contribution in [3.05, 3.63) is 46.6 Å². The molecule has 92 valence electrons. The van der Waals surface area contributed by atoms with E-state index in [1.807, 2.05) is 0 Å².